The number of amides is 3. The molecule has 0 bridgehead atoms. The minimum Gasteiger partial charge on any atom is -0.351 e. The second kappa shape index (κ2) is 9.23. The van der Waals surface area contributed by atoms with Crippen LogP contribution in [0.1, 0.15) is 41.6 Å². The Balaban J connectivity index is 1.26. The van der Waals surface area contributed by atoms with Gasteiger partial charge in [0.1, 0.15) is 6.33 Å². The largest absolute Gasteiger partial charge is 0.351 e. The number of anilines is 1. The average molecular weight is 541 g/mol. The third kappa shape index (κ3) is 4.28. The van der Waals surface area contributed by atoms with Gasteiger partial charge in [0.05, 0.1) is 23.7 Å². The van der Waals surface area contributed by atoms with Crippen molar-refractivity contribution in [1.29, 1.82) is 0 Å². The Kier molecular flexibility index (Phi) is 5.63. The van der Waals surface area contributed by atoms with E-state index in [1.807, 2.05) is 37.2 Å². The number of hydrogen-bond donors (Lipinski definition) is 2. The van der Waals surface area contributed by atoms with Crippen molar-refractivity contribution in [3.63, 3.8) is 0 Å². The molecule has 1 aliphatic carbocycles. The molecule has 0 spiro atoms. The van der Waals surface area contributed by atoms with E-state index >= 15 is 0 Å². The molecule has 3 amide bonds. The van der Waals surface area contributed by atoms with Crippen molar-refractivity contribution >= 4 is 46.4 Å². The number of imidazole rings is 1. The summed E-state index contributed by atoms with van der Waals surface area (Å²) in [5.74, 6) is 0.159. The Morgan fingerprint density at radius 2 is 2.02 bits per heavy atom. The van der Waals surface area contributed by atoms with Gasteiger partial charge in [0.15, 0.2) is 5.65 Å². The maximum absolute atomic E-state index is 13.2. The lowest BCUT2D eigenvalue weighted by atomic mass is 10.1. The molecule has 0 radical (unpaired) electrons. The van der Waals surface area contributed by atoms with Crippen molar-refractivity contribution in [2.24, 2.45) is 0 Å². The number of imide groups is 1. The van der Waals surface area contributed by atoms with Crippen molar-refractivity contribution in [3.8, 4) is 5.95 Å². The number of likely N-dealkylation sites (tertiary alicyclic amines) is 1. The number of carbonyl (C=O) groups is 3. The molecule has 2 saturated heterocycles. The normalized spacial score (nSPS) is 20.4. The highest BCUT2D eigenvalue weighted by Crippen LogP contribution is 2.27. The smallest absolute Gasteiger partial charge is 0.254 e. The third-order valence-corrected chi connectivity index (χ3v) is 7.71. The van der Waals surface area contributed by atoms with Crippen molar-refractivity contribution in [3.05, 3.63) is 47.4 Å². The van der Waals surface area contributed by atoms with E-state index in [0.717, 1.165) is 31.3 Å². The zero-order valence-electron chi connectivity index (χ0n) is 22.2. The number of nitrogens with one attached hydrogen (secondary N) is 2. The van der Waals surface area contributed by atoms with Crippen LogP contribution in [-0.4, -0.2) is 95.9 Å². The number of nitrogens with zero attached hydrogens (tertiary/aromatic N) is 8. The highest BCUT2D eigenvalue weighted by molar-refractivity contribution is 6.15. The molecule has 1 unspecified atom stereocenters. The molecule has 4 aromatic rings. The molecule has 1 saturated carbocycles. The monoisotopic (exact) mass is 540 g/mol. The zero-order chi connectivity index (χ0) is 27.5. The van der Waals surface area contributed by atoms with E-state index < -0.39 is 5.91 Å². The molecule has 5 heterocycles. The van der Waals surface area contributed by atoms with E-state index in [9.17, 15) is 14.4 Å². The van der Waals surface area contributed by atoms with Crippen LogP contribution in [0.3, 0.4) is 0 Å². The van der Waals surface area contributed by atoms with Gasteiger partial charge in [-0.15, -0.1) is 0 Å². The summed E-state index contributed by atoms with van der Waals surface area (Å²) < 4.78 is 3.38. The summed E-state index contributed by atoms with van der Waals surface area (Å²) in [5.41, 5.74) is 3.46. The number of hydrogen-bond acceptors (Lipinski definition) is 9. The van der Waals surface area contributed by atoms with Gasteiger partial charge in [0, 0.05) is 41.9 Å². The first-order chi connectivity index (χ1) is 19.3. The van der Waals surface area contributed by atoms with E-state index in [1.165, 1.54) is 0 Å². The van der Waals surface area contributed by atoms with E-state index in [4.69, 9.17) is 9.97 Å². The topological polar surface area (TPSA) is 143 Å². The maximum Gasteiger partial charge on any atom is 0.254 e. The lowest BCUT2D eigenvalue weighted by Gasteiger charge is -2.20. The SMILES string of the molecule is CN(C)C1CCN(C(=O)c2ccc3c(c2)ncn3-c2nc(NC3CC3)n3ncc(C=C4CC(=O)NC4=O)c3n2)C1. The van der Waals surface area contributed by atoms with Crippen LogP contribution in [0, 0.1) is 0 Å². The number of rotatable bonds is 6. The molecule has 2 N–H and O–H groups in total. The molecule has 204 valence electrons. The molecule has 1 atom stereocenters. The predicted molar refractivity (Wildman–Crippen MR) is 146 cm³/mol. The molecular weight excluding hydrogens is 512 g/mol. The van der Waals surface area contributed by atoms with Gasteiger partial charge in [-0.1, -0.05) is 0 Å². The Labute approximate surface area is 228 Å². The zero-order valence-corrected chi connectivity index (χ0v) is 22.2. The molecule has 3 aliphatic rings. The number of fused-ring (bicyclic) bond motifs is 2. The standard InChI is InChI=1S/C27H28N10O3/c1-34(2)19-7-8-35(13-19)25(40)15-3-6-21-20(10-15)28-14-36(21)26-32-23-17(9-16-11-22(38)31-24(16)39)12-29-37(23)27(33-26)30-18-4-5-18/h3,6,9-10,12,14,18-19H,4-5,7-8,11,13H2,1-2H3,(H,30,32,33)(H,31,38,39). The van der Waals surface area contributed by atoms with E-state index in [-0.39, 0.29) is 18.2 Å². The van der Waals surface area contributed by atoms with E-state index in [0.29, 0.717) is 58.4 Å². The number of likely N-dealkylation sites (N-methyl/N-ethyl adjacent to an activating group) is 1. The summed E-state index contributed by atoms with van der Waals surface area (Å²) in [4.78, 5) is 55.2. The van der Waals surface area contributed by atoms with Gasteiger partial charge in [-0.25, -0.2) is 4.98 Å². The highest BCUT2D eigenvalue weighted by atomic mass is 16.2. The van der Waals surface area contributed by atoms with E-state index in [1.54, 1.807) is 27.7 Å². The maximum atomic E-state index is 13.2. The average Bonchev–Trinajstić information content (AvgIpc) is 3.30. The van der Waals surface area contributed by atoms with Crippen LogP contribution in [-0.2, 0) is 9.59 Å². The van der Waals surface area contributed by atoms with Crippen LogP contribution in [0.4, 0.5) is 5.95 Å². The van der Waals surface area contributed by atoms with Gasteiger partial charge in [-0.3, -0.25) is 24.3 Å². The molecular formula is C27H28N10O3. The molecule has 40 heavy (non-hydrogen) atoms. The molecule has 3 fully saturated rings. The molecule has 2 aliphatic heterocycles. The van der Waals surface area contributed by atoms with Gasteiger partial charge in [-0.2, -0.15) is 19.6 Å². The van der Waals surface area contributed by atoms with Gasteiger partial charge in [0.25, 0.3) is 11.8 Å². The Morgan fingerprint density at radius 3 is 2.75 bits per heavy atom. The minimum atomic E-state index is -0.410. The Hall–Kier alpha value is -4.65. The summed E-state index contributed by atoms with van der Waals surface area (Å²) in [7, 11) is 4.08. The first kappa shape index (κ1) is 24.4. The fourth-order valence-corrected chi connectivity index (χ4v) is 5.24. The second-order valence-corrected chi connectivity index (χ2v) is 10.8. The summed E-state index contributed by atoms with van der Waals surface area (Å²) in [6, 6.07) is 6.16. The first-order valence-electron chi connectivity index (χ1n) is 13.3. The van der Waals surface area contributed by atoms with Crippen LogP contribution in [0.15, 0.2) is 36.3 Å². The number of carbonyl (C=O) groups excluding carboxylic acids is 3. The lowest BCUT2D eigenvalue weighted by Crippen LogP contribution is -2.34. The lowest BCUT2D eigenvalue weighted by molar-refractivity contribution is -0.124. The second-order valence-electron chi connectivity index (χ2n) is 10.8. The van der Waals surface area contributed by atoms with Crippen LogP contribution in [0.2, 0.25) is 0 Å². The molecule has 13 nitrogen and oxygen atoms in total. The highest BCUT2D eigenvalue weighted by Gasteiger charge is 2.29. The fourth-order valence-electron chi connectivity index (χ4n) is 5.24. The summed E-state index contributed by atoms with van der Waals surface area (Å²) >= 11 is 0. The number of benzene rings is 1. The van der Waals surface area contributed by atoms with Crippen LogP contribution in [0.5, 0.6) is 0 Å². The minimum absolute atomic E-state index is 0.000703. The predicted octanol–water partition coefficient (Wildman–Crippen LogP) is 1.24. The van der Waals surface area contributed by atoms with Gasteiger partial charge in [0.2, 0.25) is 17.8 Å². The van der Waals surface area contributed by atoms with Crippen molar-refractivity contribution < 1.29 is 14.4 Å². The van der Waals surface area contributed by atoms with Gasteiger partial charge >= 0.3 is 0 Å². The molecule has 7 rings (SSSR count). The summed E-state index contributed by atoms with van der Waals surface area (Å²) in [6.07, 6.45) is 7.95. The first-order valence-corrected chi connectivity index (χ1v) is 13.3. The summed E-state index contributed by atoms with van der Waals surface area (Å²) in [5, 5.41) is 10.2. The number of aromatic nitrogens is 6. The van der Waals surface area contributed by atoms with Crippen LogP contribution in [0.25, 0.3) is 28.7 Å². The van der Waals surface area contributed by atoms with Crippen molar-refractivity contribution in [2.75, 3.05) is 32.5 Å². The van der Waals surface area contributed by atoms with Crippen molar-refractivity contribution in [2.45, 2.75) is 37.8 Å². The van der Waals surface area contributed by atoms with Crippen LogP contribution >= 0.6 is 0 Å². The summed E-state index contributed by atoms with van der Waals surface area (Å²) in [6.45, 7) is 1.45. The molecule has 3 aromatic heterocycles. The molecule has 1 aromatic carbocycles. The van der Waals surface area contributed by atoms with Crippen LogP contribution < -0.4 is 10.6 Å². The Morgan fingerprint density at radius 1 is 1.18 bits per heavy atom. The van der Waals surface area contributed by atoms with Crippen molar-refractivity contribution in [1.82, 2.24) is 44.2 Å². The van der Waals surface area contributed by atoms with E-state index in [2.05, 4.69) is 25.6 Å². The fraction of sp³-hybridized carbons (Fsp3) is 0.370. The van der Waals surface area contributed by atoms with Gasteiger partial charge in [-0.05, 0) is 57.6 Å². The van der Waals surface area contributed by atoms with Gasteiger partial charge < -0.3 is 15.1 Å². The Bertz CT molecular complexity index is 1730. The quantitative estimate of drug-likeness (QED) is 0.273. The molecule has 13 heteroatoms. The third-order valence-electron chi connectivity index (χ3n) is 7.71.